The van der Waals surface area contributed by atoms with E-state index in [9.17, 15) is 5.11 Å². The molecule has 0 aliphatic rings. The summed E-state index contributed by atoms with van der Waals surface area (Å²) in [7, 11) is 0. The van der Waals surface area contributed by atoms with Crippen LogP contribution in [0.3, 0.4) is 0 Å². The summed E-state index contributed by atoms with van der Waals surface area (Å²) in [6.45, 7) is 8.67. The Balaban J connectivity index is 4.40. The minimum Gasteiger partial charge on any atom is -0.229 e. The molecule has 1 nitrogen and oxygen atoms in total. The topological polar surface area (TPSA) is 19.9 Å². The van der Waals surface area contributed by atoms with Crippen molar-refractivity contribution >= 4 is 0 Å². The predicted molar refractivity (Wildman–Crippen MR) is 66.5 cm³/mol. The first-order chi connectivity index (χ1) is 7.14. The van der Waals surface area contributed by atoms with Gasteiger partial charge < -0.3 is 0 Å². The molecule has 1 heteroatoms. The molecule has 0 aliphatic carbocycles. The standard InChI is InChI=1S/C14H29O/c1-5-9-12-14(15,11-7-3)13(8-4)10-6-2/h13H,5-12H2,1-4H3. The third-order valence-electron chi connectivity index (χ3n) is 3.50. The van der Waals surface area contributed by atoms with Gasteiger partial charge in [0.2, 0.25) is 0 Å². The van der Waals surface area contributed by atoms with Crippen LogP contribution in [0.2, 0.25) is 0 Å². The smallest absolute Gasteiger partial charge is 0.106 e. The molecule has 0 aromatic rings. The van der Waals surface area contributed by atoms with Crippen LogP contribution in [-0.4, -0.2) is 5.60 Å². The first-order valence-corrected chi connectivity index (χ1v) is 6.84. The third-order valence-corrected chi connectivity index (χ3v) is 3.50. The Labute approximate surface area is 96.3 Å². The van der Waals surface area contributed by atoms with E-state index >= 15 is 0 Å². The fourth-order valence-electron chi connectivity index (χ4n) is 2.62. The van der Waals surface area contributed by atoms with Gasteiger partial charge in [0.25, 0.3) is 0 Å². The molecule has 0 aliphatic heterocycles. The first-order valence-electron chi connectivity index (χ1n) is 6.84. The summed E-state index contributed by atoms with van der Waals surface area (Å²) < 4.78 is 0. The summed E-state index contributed by atoms with van der Waals surface area (Å²) in [5, 5.41) is 12.8. The van der Waals surface area contributed by atoms with Gasteiger partial charge in [-0.15, -0.1) is 0 Å². The lowest BCUT2D eigenvalue weighted by molar-refractivity contribution is -0.0963. The summed E-state index contributed by atoms with van der Waals surface area (Å²) in [5.74, 6) is 0.397. The number of hydrogen-bond acceptors (Lipinski definition) is 0. The van der Waals surface area contributed by atoms with Crippen LogP contribution < -0.4 is 0 Å². The lowest BCUT2D eigenvalue weighted by Crippen LogP contribution is -2.36. The van der Waals surface area contributed by atoms with Gasteiger partial charge in [0, 0.05) is 0 Å². The van der Waals surface area contributed by atoms with Crippen LogP contribution in [0.25, 0.3) is 0 Å². The zero-order valence-electron chi connectivity index (χ0n) is 11.1. The third kappa shape index (κ3) is 5.01. The Morgan fingerprint density at radius 3 is 2.00 bits per heavy atom. The van der Waals surface area contributed by atoms with E-state index in [4.69, 9.17) is 0 Å². The van der Waals surface area contributed by atoms with Crippen molar-refractivity contribution in [3.63, 3.8) is 0 Å². The molecule has 0 N–H and O–H groups in total. The monoisotopic (exact) mass is 213 g/mol. The molecular weight excluding hydrogens is 184 g/mol. The molecule has 0 aromatic carbocycles. The van der Waals surface area contributed by atoms with Crippen molar-refractivity contribution in [2.75, 3.05) is 0 Å². The van der Waals surface area contributed by atoms with E-state index in [0.717, 1.165) is 51.4 Å². The van der Waals surface area contributed by atoms with Gasteiger partial charge in [-0.3, -0.25) is 0 Å². The quantitative estimate of drug-likeness (QED) is 0.515. The molecule has 15 heavy (non-hydrogen) atoms. The van der Waals surface area contributed by atoms with Gasteiger partial charge in [-0.05, 0) is 25.2 Å². The van der Waals surface area contributed by atoms with Gasteiger partial charge >= 0.3 is 0 Å². The maximum absolute atomic E-state index is 12.8. The van der Waals surface area contributed by atoms with E-state index in [-0.39, 0.29) is 0 Å². The largest absolute Gasteiger partial charge is 0.229 e. The Kier molecular flexibility index (Phi) is 8.13. The molecule has 0 heterocycles. The molecule has 0 bridgehead atoms. The van der Waals surface area contributed by atoms with Crippen molar-refractivity contribution in [3.05, 3.63) is 0 Å². The highest BCUT2D eigenvalue weighted by molar-refractivity contribution is 4.84. The van der Waals surface area contributed by atoms with E-state index in [1.807, 2.05) is 0 Å². The van der Waals surface area contributed by atoms with Crippen LogP contribution in [0.5, 0.6) is 0 Å². The molecule has 1 radical (unpaired) electrons. The van der Waals surface area contributed by atoms with E-state index in [1.54, 1.807) is 0 Å². The minimum absolute atomic E-state index is 0.397. The van der Waals surface area contributed by atoms with E-state index in [2.05, 4.69) is 27.7 Å². The molecule has 0 aromatic heterocycles. The van der Waals surface area contributed by atoms with Gasteiger partial charge in [0.05, 0.1) is 0 Å². The molecule has 0 rings (SSSR count). The number of hydrogen-bond donors (Lipinski definition) is 0. The normalized spacial score (nSPS) is 17.4. The van der Waals surface area contributed by atoms with Crippen LogP contribution in [0.4, 0.5) is 0 Å². The predicted octanol–water partition coefficient (Wildman–Crippen LogP) is 4.97. The second kappa shape index (κ2) is 8.15. The van der Waals surface area contributed by atoms with Crippen molar-refractivity contribution in [1.29, 1.82) is 0 Å². The number of rotatable bonds is 9. The minimum atomic E-state index is -0.629. The van der Waals surface area contributed by atoms with Crippen molar-refractivity contribution in [1.82, 2.24) is 0 Å². The zero-order valence-corrected chi connectivity index (χ0v) is 11.1. The van der Waals surface area contributed by atoms with E-state index in [0.29, 0.717) is 5.92 Å². The van der Waals surface area contributed by atoms with Gasteiger partial charge in [-0.2, -0.15) is 0 Å². The summed E-state index contributed by atoms with van der Waals surface area (Å²) >= 11 is 0. The fraction of sp³-hybridized carbons (Fsp3) is 1.00. The van der Waals surface area contributed by atoms with Crippen molar-refractivity contribution in [2.45, 2.75) is 84.7 Å². The van der Waals surface area contributed by atoms with Crippen molar-refractivity contribution < 1.29 is 5.11 Å². The summed E-state index contributed by atoms with van der Waals surface area (Å²) in [6, 6.07) is 0. The number of unbranched alkanes of at least 4 members (excludes halogenated alkanes) is 1. The molecule has 0 saturated heterocycles. The fourth-order valence-corrected chi connectivity index (χ4v) is 2.62. The van der Waals surface area contributed by atoms with Crippen molar-refractivity contribution in [2.24, 2.45) is 5.92 Å². The molecule has 0 amide bonds. The zero-order chi connectivity index (χ0) is 11.7. The Morgan fingerprint density at radius 1 is 0.933 bits per heavy atom. The van der Waals surface area contributed by atoms with E-state index < -0.39 is 5.60 Å². The first kappa shape index (κ1) is 15.0. The lowest BCUT2D eigenvalue weighted by atomic mass is 9.76. The Hall–Kier alpha value is -0.0400. The molecule has 0 saturated carbocycles. The van der Waals surface area contributed by atoms with Crippen LogP contribution in [0.1, 0.15) is 79.1 Å². The average molecular weight is 213 g/mol. The second-order valence-electron chi connectivity index (χ2n) is 4.81. The summed E-state index contributed by atoms with van der Waals surface area (Å²) in [4.78, 5) is 0. The van der Waals surface area contributed by atoms with Gasteiger partial charge in [-0.1, -0.05) is 59.8 Å². The summed E-state index contributed by atoms with van der Waals surface area (Å²) in [6.07, 6.45) is 8.36. The van der Waals surface area contributed by atoms with Gasteiger partial charge in [-0.25, -0.2) is 5.11 Å². The Bertz CT molecular complexity index is 144. The molecular formula is C14H29O. The van der Waals surface area contributed by atoms with Crippen molar-refractivity contribution in [3.8, 4) is 0 Å². The second-order valence-corrected chi connectivity index (χ2v) is 4.81. The van der Waals surface area contributed by atoms with Gasteiger partial charge in [0.1, 0.15) is 5.60 Å². The van der Waals surface area contributed by atoms with Gasteiger partial charge in [0.15, 0.2) is 0 Å². The van der Waals surface area contributed by atoms with Crippen LogP contribution >= 0.6 is 0 Å². The maximum atomic E-state index is 12.8. The highest BCUT2D eigenvalue weighted by Crippen LogP contribution is 2.34. The summed E-state index contributed by atoms with van der Waals surface area (Å²) in [5.41, 5.74) is -0.629. The van der Waals surface area contributed by atoms with Crippen LogP contribution in [0, 0.1) is 5.92 Å². The van der Waals surface area contributed by atoms with Crippen LogP contribution in [0.15, 0.2) is 0 Å². The van der Waals surface area contributed by atoms with Crippen LogP contribution in [-0.2, 0) is 5.11 Å². The molecule has 91 valence electrons. The highest BCUT2D eigenvalue weighted by Gasteiger charge is 2.35. The highest BCUT2D eigenvalue weighted by atomic mass is 16.3. The lowest BCUT2D eigenvalue weighted by Gasteiger charge is -2.33. The SMILES string of the molecule is CCCCC([O])(CCC)C(CC)CCC. The average Bonchev–Trinajstić information content (AvgIpc) is 2.23. The van der Waals surface area contributed by atoms with E-state index in [1.165, 1.54) is 0 Å². The molecule has 0 fully saturated rings. The maximum Gasteiger partial charge on any atom is 0.106 e. The molecule has 0 spiro atoms. The molecule has 2 unspecified atom stereocenters. The Morgan fingerprint density at radius 2 is 1.60 bits per heavy atom. The molecule has 2 atom stereocenters.